The van der Waals surface area contributed by atoms with E-state index in [1.807, 2.05) is 12.1 Å². The van der Waals surface area contributed by atoms with Gasteiger partial charge in [0.1, 0.15) is 18.9 Å². The van der Waals surface area contributed by atoms with E-state index in [-0.39, 0.29) is 31.4 Å². The van der Waals surface area contributed by atoms with Gasteiger partial charge in [0.25, 0.3) is 0 Å². The molecule has 0 unspecified atom stereocenters. The van der Waals surface area contributed by atoms with Crippen LogP contribution < -0.4 is 14.8 Å². The van der Waals surface area contributed by atoms with E-state index in [1.54, 1.807) is 35.9 Å². The molecule has 0 saturated carbocycles. The normalized spacial score (nSPS) is 10.5. The Kier molecular flexibility index (Phi) is 6.38. The highest BCUT2D eigenvalue weighted by Gasteiger charge is 2.12. The summed E-state index contributed by atoms with van der Waals surface area (Å²) in [4.78, 5) is 12.3. The monoisotopic (exact) mass is 402 g/mol. The van der Waals surface area contributed by atoms with Gasteiger partial charge in [-0.25, -0.2) is 4.39 Å². The Morgan fingerprint density at radius 1 is 1.25 bits per heavy atom. The van der Waals surface area contributed by atoms with Gasteiger partial charge in [0.05, 0.1) is 13.7 Å². The first-order valence-corrected chi connectivity index (χ1v) is 8.93. The van der Waals surface area contributed by atoms with Crippen LogP contribution in [0, 0.1) is 10.6 Å². The molecule has 0 bridgehead atoms. The van der Waals surface area contributed by atoms with Gasteiger partial charge in [0.15, 0.2) is 22.2 Å². The van der Waals surface area contributed by atoms with Gasteiger partial charge in [-0.3, -0.25) is 14.5 Å². The number of halogens is 1. The molecule has 1 aromatic heterocycles. The Hall–Kier alpha value is -3.20. The zero-order chi connectivity index (χ0) is 19.9. The van der Waals surface area contributed by atoms with Crippen LogP contribution in [0.2, 0.25) is 0 Å². The number of hydrogen-bond donors (Lipinski definition) is 2. The second kappa shape index (κ2) is 9.14. The van der Waals surface area contributed by atoms with Crippen molar-refractivity contribution in [2.75, 3.05) is 20.3 Å². The van der Waals surface area contributed by atoms with Crippen LogP contribution >= 0.6 is 12.2 Å². The molecule has 146 valence electrons. The number of rotatable bonds is 8. The summed E-state index contributed by atoms with van der Waals surface area (Å²) in [6, 6.07) is 13.4. The highest BCUT2D eigenvalue weighted by molar-refractivity contribution is 7.71. The maximum atomic E-state index is 13.5. The van der Waals surface area contributed by atoms with Gasteiger partial charge in [-0.1, -0.05) is 12.1 Å². The molecular weight excluding hydrogens is 383 g/mol. The SMILES string of the molecule is COc1ccc(-c2n[nH]c(=S)n2CC(=O)NCCOc2ccccc2F)cc1. The van der Waals surface area contributed by atoms with E-state index in [2.05, 4.69) is 15.5 Å². The minimum atomic E-state index is -0.442. The highest BCUT2D eigenvalue weighted by Crippen LogP contribution is 2.20. The smallest absolute Gasteiger partial charge is 0.240 e. The Morgan fingerprint density at radius 3 is 2.71 bits per heavy atom. The molecule has 3 aromatic rings. The second-order valence-corrected chi connectivity index (χ2v) is 6.18. The molecule has 0 aliphatic heterocycles. The number of nitrogens with one attached hydrogen (secondary N) is 2. The third-order valence-corrected chi connectivity index (χ3v) is 4.24. The van der Waals surface area contributed by atoms with Crippen LogP contribution in [0.25, 0.3) is 11.4 Å². The number of carbonyl (C=O) groups is 1. The van der Waals surface area contributed by atoms with Crippen molar-refractivity contribution in [3.63, 3.8) is 0 Å². The van der Waals surface area contributed by atoms with E-state index >= 15 is 0 Å². The van der Waals surface area contributed by atoms with Gasteiger partial charge >= 0.3 is 0 Å². The van der Waals surface area contributed by atoms with E-state index in [1.165, 1.54) is 12.1 Å². The lowest BCUT2D eigenvalue weighted by Gasteiger charge is -2.10. The predicted molar refractivity (Wildman–Crippen MR) is 104 cm³/mol. The number of methoxy groups -OCH3 is 1. The number of aromatic amines is 1. The molecule has 0 aliphatic carbocycles. The first kappa shape index (κ1) is 19.6. The van der Waals surface area contributed by atoms with Crippen molar-refractivity contribution in [2.24, 2.45) is 0 Å². The standard InChI is InChI=1S/C19H19FN4O3S/c1-26-14-8-6-13(7-9-14)18-22-23-19(28)24(18)12-17(25)21-10-11-27-16-5-3-2-4-15(16)20/h2-9H,10-12H2,1H3,(H,21,25)(H,23,28). The van der Waals surface area contributed by atoms with Crippen LogP contribution in [-0.2, 0) is 11.3 Å². The third-order valence-electron chi connectivity index (χ3n) is 3.93. The van der Waals surface area contributed by atoms with Crippen LogP contribution in [-0.4, -0.2) is 40.9 Å². The van der Waals surface area contributed by atoms with Crippen LogP contribution in [0.5, 0.6) is 11.5 Å². The number of ether oxygens (including phenoxy) is 2. The van der Waals surface area contributed by atoms with Crippen LogP contribution in [0.15, 0.2) is 48.5 Å². The first-order valence-electron chi connectivity index (χ1n) is 8.52. The lowest BCUT2D eigenvalue weighted by atomic mass is 10.2. The summed E-state index contributed by atoms with van der Waals surface area (Å²) in [5.41, 5.74) is 0.795. The number of amides is 1. The third kappa shape index (κ3) is 4.74. The molecule has 3 rings (SSSR count). The van der Waals surface area contributed by atoms with Gasteiger partial charge in [-0.15, -0.1) is 0 Å². The minimum absolute atomic E-state index is 0.00358. The van der Waals surface area contributed by atoms with Crippen LogP contribution in [0.4, 0.5) is 4.39 Å². The summed E-state index contributed by atoms with van der Waals surface area (Å²) in [6.45, 7) is 0.376. The van der Waals surface area contributed by atoms with E-state index in [9.17, 15) is 9.18 Å². The van der Waals surface area contributed by atoms with Gasteiger partial charge in [-0.2, -0.15) is 5.10 Å². The Bertz CT molecular complexity index is 1000. The van der Waals surface area contributed by atoms with Crippen molar-refractivity contribution in [1.29, 1.82) is 0 Å². The number of H-pyrrole nitrogens is 1. The number of carbonyl (C=O) groups excluding carboxylic acids is 1. The van der Waals surface area contributed by atoms with Gasteiger partial charge in [0.2, 0.25) is 5.91 Å². The number of benzene rings is 2. The van der Waals surface area contributed by atoms with E-state index in [4.69, 9.17) is 21.7 Å². The summed E-state index contributed by atoms with van der Waals surface area (Å²) in [6.07, 6.45) is 0. The summed E-state index contributed by atoms with van der Waals surface area (Å²) in [5.74, 6) is 0.713. The molecular formula is C19H19FN4O3S. The van der Waals surface area contributed by atoms with Crippen LogP contribution in [0.1, 0.15) is 0 Å². The molecule has 2 N–H and O–H groups in total. The van der Waals surface area contributed by atoms with Crippen LogP contribution in [0.3, 0.4) is 0 Å². The molecule has 0 atom stereocenters. The highest BCUT2D eigenvalue weighted by atomic mass is 32.1. The fraction of sp³-hybridized carbons (Fsp3) is 0.211. The molecule has 0 radical (unpaired) electrons. The number of para-hydroxylation sites is 1. The average Bonchev–Trinajstić information content (AvgIpc) is 3.07. The van der Waals surface area contributed by atoms with Crippen molar-refractivity contribution in [2.45, 2.75) is 6.54 Å². The molecule has 1 amide bonds. The second-order valence-electron chi connectivity index (χ2n) is 5.80. The van der Waals surface area contributed by atoms with Crippen molar-refractivity contribution in [3.05, 3.63) is 59.1 Å². The van der Waals surface area contributed by atoms with Crippen molar-refractivity contribution in [3.8, 4) is 22.9 Å². The first-order chi connectivity index (χ1) is 13.6. The molecule has 28 heavy (non-hydrogen) atoms. The maximum Gasteiger partial charge on any atom is 0.240 e. The van der Waals surface area contributed by atoms with Crippen molar-refractivity contribution in [1.82, 2.24) is 20.1 Å². The maximum absolute atomic E-state index is 13.5. The quantitative estimate of drug-likeness (QED) is 0.447. The molecule has 2 aromatic carbocycles. The zero-order valence-electron chi connectivity index (χ0n) is 15.1. The molecule has 0 fully saturated rings. The summed E-state index contributed by atoms with van der Waals surface area (Å²) >= 11 is 5.23. The van der Waals surface area contributed by atoms with Gasteiger partial charge in [0, 0.05) is 5.56 Å². The van der Waals surface area contributed by atoms with Crippen molar-refractivity contribution >= 4 is 18.1 Å². The number of aromatic nitrogens is 3. The Balaban J connectivity index is 1.57. The number of nitrogens with zero attached hydrogens (tertiary/aromatic N) is 2. The molecule has 0 saturated heterocycles. The number of hydrogen-bond acceptors (Lipinski definition) is 5. The molecule has 7 nitrogen and oxygen atoms in total. The Morgan fingerprint density at radius 2 is 2.00 bits per heavy atom. The largest absolute Gasteiger partial charge is 0.497 e. The molecule has 1 heterocycles. The molecule has 0 spiro atoms. The molecule has 9 heteroatoms. The minimum Gasteiger partial charge on any atom is -0.497 e. The van der Waals surface area contributed by atoms with Gasteiger partial charge in [-0.05, 0) is 48.6 Å². The lowest BCUT2D eigenvalue weighted by Crippen LogP contribution is -2.31. The van der Waals surface area contributed by atoms with E-state index in [0.29, 0.717) is 10.6 Å². The predicted octanol–water partition coefficient (Wildman–Crippen LogP) is 2.95. The summed E-state index contributed by atoms with van der Waals surface area (Å²) in [5, 5.41) is 9.62. The fourth-order valence-electron chi connectivity index (χ4n) is 2.54. The average molecular weight is 402 g/mol. The molecule has 0 aliphatic rings. The van der Waals surface area contributed by atoms with E-state index < -0.39 is 5.82 Å². The van der Waals surface area contributed by atoms with Crippen molar-refractivity contribution < 1.29 is 18.7 Å². The fourth-order valence-corrected chi connectivity index (χ4v) is 2.73. The van der Waals surface area contributed by atoms with E-state index in [0.717, 1.165) is 11.3 Å². The van der Waals surface area contributed by atoms with Gasteiger partial charge < -0.3 is 14.8 Å². The zero-order valence-corrected chi connectivity index (χ0v) is 16.0. The topological polar surface area (TPSA) is 81.2 Å². The summed E-state index contributed by atoms with van der Waals surface area (Å²) in [7, 11) is 1.59. The Labute approximate surface area is 166 Å². The summed E-state index contributed by atoms with van der Waals surface area (Å²) < 4.78 is 25.9. The lowest BCUT2D eigenvalue weighted by molar-refractivity contribution is -0.121.